The highest BCUT2D eigenvalue weighted by Gasteiger charge is 2.28. The Balaban J connectivity index is 1.33. The van der Waals surface area contributed by atoms with Crippen molar-refractivity contribution in [2.75, 3.05) is 13.1 Å². The van der Waals surface area contributed by atoms with Gasteiger partial charge >= 0.3 is 0 Å². The number of piperidine rings is 1. The van der Waals surface area contributed by atoms with Crippen LogP contribution in [0.5, 0.6) is 5.75 Å². The lowest BCUT2D eigenvalue weighted by molar-refractivity contribution is 0.0700. The number of hydrogen-bond donors (Lipinski definition) is 1. The average molecular weight is 431 g/mol. The van der Waals surface area contributed by atoms with Crippen LogP contribution in [-0.2, 0) is 6.61 Å². The van der Waals surface area contributed by atoms with Gasteiger partial charge in [-0.1, -0.05) is 29.4 Å². The third-order valence-corrected chi connectivity index (χ3v) is 6.17. The Hall–Kier alpha value is -3.61. The number of amides is 1. The van der Waals surface area contributed by atoms with Gasteiger partial charge in [-0.15, -0.1) is 0 Å². The van der Waals surface area contributed by atoms with Gasteiger partial charge in [-0.25, -0.2) is 4.98 Å². The van der Waals surface area contributed by atoms with E-state index in [1.54, 1.807) is 0 Å². The van der Waals surface area contributed by atoms with Crippen LogP contribution in [0.2, 0.25) is 0 Å². The molecule has 2 aromatic carbocycles. The molecular weight excluding hydrogens is 404 g/mol. The van der Waals surface area contributed by atoms with E-state index in [1.807, 2.05) is 67.3 Å². The molecule has 0 bridgehead atoms. The van der Waals surface area contributed by atoms with Gasteiger partial charge in [-0.3, -0.25) is 4.79 Å². The quantitative estimate of drug-likeness (QED) is 0.493. The predicted molar refractivity (Wildman–Crippen MR) is 121 cm³/mol. The number of aromatic amines is 1. The summed E-state index contributed by atoms with van der Waals surface area (Å²) in [4.78, 5) is 23.6. The molecule has 4 aromatic rings. The highest BCUT2D eigenvalue weighted by Crippen LogP contribution is 2.29. The fraction of sp³-hybridized carbons (Fsp3) is 0.320. The fourth-order valence-corrected chi connectivity index (χ4v) is 4.35. The molecule has 0 spiro atoms. The summed E-state index contributed by atoms with van der Waals surface area (Å²) in [6.07, 6.45) is 1.95. The molecule has 1 saturated heterocycles. The number of nitrogens with zero attached hydrogens (tertiary/aromatic N) is 3. The molecule has 1 unspecified atom stereocenters. The minimum Gasteiger partial charge on any atom is -0.488 e. The molecular formula is C25H26N4O3. The number of rotatable bonds is 5. The van der Waals surface area contributed by atoms with Crippen LogP contribution in [0, 0.1) is 13.8 Å². The van der Waals surface area contributed by atoms with Crippen LogP contribution in [0.25, 0.3) is 11.0 Å². The lowest BCUT2D eigenvalue weighted by Crippen LogP contribution is -2.39. The number of aromatic nitrogens is 3. The van der Waals surface area contributed by atoms with Gasteiger partial charge in [0.1, 0.15) is 23.9 Å². The van der Waals surface area contributed by atoms with E-state index in [9.17, 15) is 4.79 Å². The molecule has 3 heterocycles. The Morgan fingerprint density at radius 2 is 2.00 bits per heavy atom. The van der Waals surface area contributed by atoms with Crippen molar-refractivity contribution in [3.05, 3.63) is 76.9 Å². The maximum absolute atomic E-state index is 13.4. The summed E-state index contributed by atoms with van der Waals surface area (Å²) in [7, 11) is 0. The van der Waals surface area contributed by atoms with Crippen LogP contribution in [0.3, 0.4) is 0 Å². The zero-order valence-corrected chi connectivity index (χ0v) is 18.3. The molecule has 1 atom stereocenters. The summed E-state index contributed by atoms with van der Waals surface area (Å²) < 4.78 is 11.3. The number of aryl methyl sites for hydroxylation is 2. The van der Waals surface area contributed by atoms with Gasteiger partial charge in [0.25, 0.3) is 5.91 Å². The van der Waals surface area contributed by atoms with E-state index in [2.05, 4.69) is 10.1 Å². The van der Waals surface area contributed by atoms with Crippen molar-refractivity contribution in [3.8, 4) is 5.75 Å². The lowest BCUT2D eigenvalue weighted by Gasteiger charge is -2.32. The zero-order chi connectivity index (χ0) is 22.1. The highest BCUT2D eigenvalue weighted by molar-refractivity contribution is 5.97. The Bertz CT molecular complexity index is 1210. The van der Waals surface area contributed by atoms with Crippen molar-refractivity contribution in [3.63, 3.8) is 0 Å². The van der Waals surface area contributed by atoms with Gasteiger partial charge in [-0.05, 0) is 51.0 Å². The van der Waals surface area contributed by atoms with E-state index in [4.69, 9.17) is 14.2 Å². The van der Waals surface area contributed by atoms with Crippen molar-refractivity contribution in [1.29, 1.82) is 0 Å². The lowest BCUT2D eigenvalue weighted by atomic mass is 9.96. The van der Waals surface area contributed by atoms with Crippen molar-refractivity contribution in [2.45, 2.75) is 39.2 Å². The maximum atomic E-state index is 13.4. The molecule has 0 radical (unpaired) electrons. The number of hydrogen-bond acceptors (Lipinski definition) is 5. The third kappa shape index (κ3) is 3.86. The number of benzene rings is 2. The Kier molecular flexibility index (Phi) is 5.39. The highest BCUT2D eigenvalue weighted by atomic mass is 16.5. The van der Waals surface area contributed by atoms with Crippen LogP contribution < -0.4 is 4.74 Å². The molecule has 32 heavy (non-hydrogen) atoms. The first-order chi connectivity index (χ1) is 15.6. The van der Waals surface area contributed by atoms with Gasteiger partial charge in [0.2, 0.25) is 0 Å². The van der Waals surface area contributed by atoms with Crippen LogP contribution in [0.1, 0.15) is 52.0 Å². The van der Waals surface area contributed by atoms with Gasteiger partial charge in [0.05, 0.1) is 27.9 Å². The number of likely N-dealkylation sites (tertiary alicyclic amines) is 1. The fourth-order valence-electron chi connectivity index (χ4n) is 4.35. The number of ether oxygens (including phenoxy) is 1. The molecule has 0 aliphatic carbocycles. The molecule has 0 saturated carbocycles. The first kappa shape index (κ1) is 20.3. The van der Waals surface area contributed by atoms with Crippen molar-refractivity contribution in [2.24, 2.45) is 0 Å². The van der Waals surface area contributed by atoms with Crippen LogP contribution >= 0.6 is 0 Å². The summed E-state index contributed by atoms with van der Waals surface area (Å²) in [6, 6.07) is 15.5. The Morgan fingerprint density at radius 3 is 2.81 bits per heavy atom. The van der Waals surface area contributed by atoms with E-state index in [0.717, 1.165) is 53.3 Å². The van der Waals surface area contributed by atoms with E-state index >= 15 is 0 Å². The monoisotopic (exact) mass is 430 g/mol. The van der Waals surface area contributed by atoms with Gasteiger partial charge < -0.3 is 19.1 Å². The van der Waals surface area contributed by atoms with Crippen molar-refractivity contribution < 1.29 is 14.1 Å². The van der Waals surface area contributed by atoms with Crippen LogP contribution in [0.15, 0.2) is 53.1 Å². The molecule has 7 heteroatoms. The summed E-state index contributed by atoms with van der Waals surface area (Å²) in [6.45, 7) is 5.43. The van der Waals surface area contributed by atoms with Crippen LogP contribution in [0.4, 0.5) is 0 Å². The van der Waals surface area contributed by atoms with Gasteiger partial charge in [0, 0.05) is 19.0 Å². The Labute approximate surface area is 186 Å². The summed E-state index contributed by atoms with van der Waals surface area (Å²) in [5, 5.41) is 3.97. The first-order valence-electron chi connectivity index (χ1n) is 11.0. The van der Waals surface area contributed by atoms with Crippen LogP contribution in [-0.4, -0.2) is 39.0 Å². The smallest absolute Gasteiger partial charge is 0.257 e. The maximum Gasteiger partial charge on any atom is 0.257 e. The molecule has 1 aliphatic rings. The number of fused-ring (bicyclic) bond motifs is 1. The zero-order valence-electron chi connectivity index (χ0n) is 18.3. The minimum absolute atomic E-state index is 0.0137. The molecule has 1 fully saturated rings. The number of imidazole rings is 1. The second-order valence-electron chi connectivity index (χ2n) is 8.32. The third-order valence-electron chi connectivity index (χ3n) is 6.17. The molecule has 1 N–H and O–H groups in total. The van der Waals surface area contributed by atoms with E-state index in [0.29, 0.717) is 24.5 Å². The largest absolute Gasteiger partial charge is 0.488 e. The Morgan fingerprint density at radius 1 is 1.19 bits per heavy atom. The normalized spacial score (nSPS) is 16.4. The topological polar surface area (TPSA) is 84.2 Å². The standard InChI is InChI=1S/C25H26N4O3/c1-16-20(17(2)32-28-16)15-31-23-12-6-3-9-19(23)25(30)29-13-7-8-18(14-29)24-26-21-10-4-5-11-22(21)27-24/h3-6,9-12,18H,7-8,13-15H2,1-2H3,(H,26,27). The summed E-state index contributed by atoms with van der Waals surface area (Å²) >= 11 is 0. The van der Waals surface area contributed by atoms with Gasteiger partial charge in [-0.2, -0.15) is 0 Å². The molecule has 2 aromatic heterocycles. The predicted octanol–water partition coefficient (Wildman–Crippen LogP) is 4.77. The van der Waals surface area contributed by atoms with E-state index in [1.165, 1.54) is 0 Å². The molecule has 1 aliphatic heterocycles. The first-order valence-corrected chi connectivity index (χ1v) is 11.0. The second-order valence-corrected chi connectivity index (χ2v) is 8.32. The van der Waals surface area contributed by atoms with E-state index < -0.39 is 0 Å². The molecule has 7 nitrogen and oxygen atoms in total. The van der Waals surface area contributed by atoms with Crippen molar-refractivity contribution in [1.82, 2.24) is 20.0 Å². The second kappa shape index (κ2) is 8.49. The number of carbonyl (C=O) groups is 1. The number of carbonyl (C=O) groups excluding carboxylic acids is 1. The number of H-pyrrole nitrogens is 1. The van der Waals surface area contributed by atoms with Crippen molar-refractivity contribution >= 4 is 16.9 Å². The molecule has 164 valence electrons. The van der Waals surface area contributed by atoms with E-state index in [-0.39, 0.29) is 11.8 Å². The molecule has 5 rings (SSSR count). The summed E-state index contributed by atoms with van der Waals surface area (Å²) in [5.74, 6) is 2.43. The van der Waals surface area contributed by atoms with Gasteiger partial charge in [0.15, 0.2) is 0 Å². The average Bonchev–Trinajstić information content (AvgIpc) is 3.40. The summed E-state index contributed by atoms with van der Waals surface area (Å²) in [5.41, 5.74) is 4.28. The molecule has 1 amide bonds. The SMILES string of the molecule is Cc1noc(C)c1COc1ccccc1C(=O)N1CCCC(c2nc3ccccc3[nH]2)C1. The minimum atomic E-state index is -0.0137. The number of para-hydroxylation sites is 3. The number of nitrogens with one attached hydrogen (secondary N) is 1.